The average molecular weight is 562 g/mol. The molecule has 0 radical (unpaired) electrons. The number of carboxylic acids is 1. The summed E-state index contributed by atoms with van der Waals surface area (Å²) in [6.07, 6.45) is 1.45. The summed E-state index contributed by atoms with van der Waals surface area (Å²) in [5.41, 5.74) is 2.15. The molecule has 4 aliphatic rings. The fourth-order valence-electron chi connectivity index (χ4n) is 8.08. The number of amides is 1. The molecule has 0 spiro atoms. The fourth-order valence-corrected chi connectivity index (χ4v) is 8.38. The molecule has 1 saturated heterocycles. The van der Waals surface area contributed by atoms with E-state index in [9.17, 15) is 14.7 Å². The van der Waals surface area contributed by atoms with Crippen molar-refractivity contribution < 1.29 is 19.4 Å². The van der Waals surface area contributed by atoms with Crippen molar-refractivity contribution in [2.45, 2.75) is 37.1 Å². The Bertz CT molecular complexity index is 1540. The summed E-state index contributed by atoms with van der Waals surface area (Å²) in [4.78, 5) is 29.3. The highest BCUT2D eigenvalue weighted by atomic mass is 35.5. The van der Waals surface area contributed by atoms with Gasteiger partial charge in [0, 0.05) is 41.0 Å². The number of carbonyl (C=O) groups is 2. The lowest BCUT2D eigenvalue weighted by atomic mass is 9.41. The van der Waals surface area contributed by atoms with Crippen molar-refractivity contribution in [1.29, 1.82) is 0 Å². The third-order valence-corrected chi connectivity index (χ3v) is 10.3. The van der Waals surface area contributed by atoms with Crippen LogP contribution < -0.4 is 4.74 Å². The normalized spacial score (nSPS) is 28.5. The molecule has 2 fully saturated rings. The molecule has 3 aliphatic carbocycles. The second-order valence-electron chi connectivity index (χ2n) is 11.0. The van der Waals surface area contributed by atoms with Gasteiger partial charge in [-0.15, -0.1) is 0 Å². The number of carboxylic acid groups (broad SMARTS) is 1. The number of rotatable bonds is 5. The van der Waals surface area contributed by atoms with Gasteiger partial charge in [-0.3, -0.25) is 9.59 Å². The van der Waals surface area contributed by atoms with E-state index in [1.165, 1.54) is 0 Å². The Morgan fingerprint density at radius 1 is 1.05 bits per heavy atom. The first-order chi connectivity index (χ1) is 18.7. The van der Waals surface area contributed by atoms with Crippen LogP contribution in [-0.2, 0) is 15.0 Å². The summed E-state index contributed by atoms with van der Waals surface area (Å²) in [7, 11) is 1.55. The van der Waals surface area contributed by atoms with Crippen molar-refractivity contribution in [3.8, 4) is 5.75 Å². The number of fused-ring (bicyclic) bond motifs is 1. The molecule has 1 saturated carbocycles. The number of aliphatic carboxylic acids is 1. The van der Waals surface area contributed by atoms with Crippen molar-refractivity contribution in [3.05, 3.63) is 106 Å². The van der Waals surface area contributed by atoms with E-state index >= 15 is 0 Å². The van der Waals surface area contributed by atoms with Gasteiger partial charge in [0.1, 0.15) is 5.75 Å². The van der Waals surface area contributed by atoms with Gasteiger partial charge >= 0.3 is 5.97 Å². The minimum absolute atomic E-state index is 0.100. The number of carbonyl (C=O) groups excluding carboxylic acids is 1. The predicted octanol–water partition coefficient (Wildman–Crippen LogP) is 6.81. The van der Waals surface area contributed by atoms with Crippen LogP contribution in [0.1, 0.15) is 47.9 Å². The molecule has 2 bridgehead atoms. The van der Waals surface area contributed by atoms with E-state index in [4.69, 9.17) is 27.9 Å². The number of hydrogen-bond donors (Lipinski definition) is 1. The zero-order valence-corrected chi connectivity index (χ0v) is 23.3. The highest BCUT2D eigenvalue weighted by Gasteiger charge is 2.73. The molecule has 5 nitrogen and oxygen atoms in total. The van der Waals surface area contributed by atoms with Gasteiger partial charge in [-0.1, -0.05) is 78.3 Å². The third-order valence-electron chi connectivity index (χ3n) is 9.54. The lowest BCUT2D eigenvalue weighted by Crippen LogP contribution is -2.61. The smallest absolute Gasteiger partial charge is 0.312 e. The van der Waals surface area contributed by atoms with Crippen LogP contribution in [0.15, 0.2) is 73.3 Å². The molecule has 7 heteroatoms. The van der Waals surface area contributed by atoms with Crippen LogP contribution >= 0.6 is 23.2 Å². The number of hydrogen-bond acceptors (Lipinski definition) is 3. The zero-order chi connectivity index (χ0) is 27.7. The summed E-state index contributed by atoms with van der Waals surface area (Å²) in [6.45, 7) is 6.21. The highest BCUT2D eigenvalue weighted by molar-refractivity contribution is 6.42. The first-order valence-corrected chi connectivity index (χ1v) is 13.9. The number of nitrogens with zero attached hydrogens (tertiary/aromatic N) is 1. The second kappa shape index (κ2) is 9.14. The molecule has 39 heavy (non-hydrogen) atoms. The summed E-state index contributed by atoms with van der Waals surface area (Å²) >= 11 is 12.9. The molecule has 7 rings (SSSR count). The summed E-state index contributed by atoms with van der Waals surface area (Å²) < 4.78 is 5.49. The molecule has 1 aliphatic heterocycles. The minimum Gasteiger partial charge on any atom is -0.496 e. The zero-order valence-electron chi connectivity index (χ0n) is 21.8. The Balaban J connectivity index is 1.55. The van der Waals surface area contributed by atoms with Crippen LogP contribution in [-0.4, -0.2) is 41.6 Å². The van der Waals surface area contributed by atoms with Gasteiger partial charge in [-0.05, 0) is 54.7 Å². The van der Waals surface area contributed by atoms with E-state index in [0.717, 1.165) is 23.1 Å². The fraction of sp³-hybridized carbons (Fsp3) is 0.312. The first kappa shape index (κ1) is 26.0. The average Bonchev–Trinajstić information content (AvgIpc) is 3.29. The molecule has 3 aromatic rings. The Morgan fingerprint density at radius 2 is 1.77 bits per heavy atom. The second-order valence-corrected chi connectivity index (χ2v) is 11.8. The largest absolute Gasteiger partial charge is 0.496 e. The molecule has 5 atom stereocenters. The van der Waals surface area contributed by atoms with E-state index in [1.54, 1.807) is 30.2 Å². The SMILES string of the molecule is C=C(C(=O)N1CC2(C(=O)O)C3CCC(c4ccc(Cl)c(Cl)c4)(c4ccccc43)C2C1C)c1ccccc1OC. The van der Waals surface area contributed by atoms with Crippen LogP contribution in [0.3, 0.4) is 0 Å². The molecule has 3 aromatic carbocycles. The molecule has 200 valence electrons. The van der Waals surface area contributed by atoms with Gasteiger partial charge in [-0.25, -0.2) is 0 Å². The first-order valence-electron chi connectivity index (χ1n) is 13.1. The van der Waals surface area contributed by atoms with Gasteiger partial charge in [0.25, 0.3) is 5.91 Å². The molecular weight excluding hydrogens is 533 g/mol. The lowest BCUT2D eigenvalue weighted by molar-refractivity contribution is -0.158. The van der Waals surface area contributed by atoms with Crippen molar-refractivity contribution >= 4 is 40.7 Å². The Hall–Kier alpha value is -3.28. The number of ether oxygens (including phenoxy) is 1. The summed E-state index contributed by atoms with van der Waals surface area (Å²) in [5, 5.41) is 11.9. The maximum Gasteiger partial charge on any atom is 0.312 e. The third kappa shape index (κ3) is 3.39. The van der Waals surface area contributed by atoms with Crippen molar-refractivity contribution in [1.82, 2.24) is 4.90 Å². The van der Waals surface area contributed by atoms with E-state index in [0.29, 0.717) is 27.8 Å². The monoisotopic (exact) mass is 561 g/mol. The van der Waals surface area contributed by atoms with E-state index in [-0.39, 0.29) is 35.9 Å². The van der Waals surface area contributed by atoms with Crippen LogP contribution in [0.4, 0.5) is 0 Å². The van der Waals surface area contributed by atoms with Gasteiger partial charge in [-0.2, -0.15) is 0 Å². The van der Waals surface area contributed by atoms with Crippen LogP contribution in [0.25, 0.3) is 5.57 Å². The predicted molar refractivity (Wildman–Crippen MR) is 152 cm³/mol. The van der Waals surface area contributed by atoms with Gasteiger partial charge in [0.15, 0.2) is 0 Å². The van der Waals surface area contributed by atoms with E-state index < -0.39 is 16.8 Å². The Kier molecular flexibility index (Phi) is 6.09. The highest BCUT2D eigenvalue weighted by Crippen LogP contribution is 2.70. The van der Waals surface area contributed by atoms with Gasteiger partial charge < -0.3 is 14.7 Å². The molecule has 0 aromatic heterocycles. The van der Waals surface area contributed by atoms with E-state index in [1.807, 2.05) is 43.3 Å². The van der Waals surface area contributed by atoms with Gasteiger partial charge in [0.05, 0.1) is 22.6 Å². The molecule has 5 unspecified atom stereocenters. The van der Waals surface area contributed by atoms with Crippen LogP contribution in [0, 0.1) is 11.3 Å². The standard InChI is InChI=1S/C32H29Cl2NO4/c1-18(21-8-5-7-11-27(21)39-3)29(36)35-17-32(30(37)38)24-14-15-31(28(32)19(35)2,23-10-6-4-9-22(23)24)20-12-13-25(33)26(34)16-20/h4-13,16,19,24,28H,1,14-15,17H2,2-3H3,(H,37,38). The number of halogens is 2. The number of likely N-dealkylation sites (tertiary alicyclic amines) is 1. The number of benzene rings is 3. The Morgan fingerprint density at radius 3 is 2.49 bits per heavy atom. The Labute approximate surface area is 238 Å². The molecule has 1 amide bonds. The molecule has 1 N–H and O–H groups in total. The minimum atomic E-state index is -1.17. The molecule has 1 heterocycles. The number of methoxy groups -OCH3 is 1. The maximum atomic E-state index is 14.1. The van der Waals surface area contributed by atoms with Crippen LogP contribution in [0.5, 0.6) is 5.75 Å². The van der Waals surface area contributed by atoms with Crippen molar-refractivity contribution in [3.63, 3.8) is 0 Å². The van der Waals surface area contributed by atoms with E-state index in [2.05, 4.69) is 18.7 Å². The number of para-hydroxylation sites is 1. The lowest BCUT2D eigenvalue weighted by Gasteiger charge is -2.60. The van der Waals surface area contributed by atoms with Gasteiger partial charge in [0.2, 0.25) is 0 Å². The molecular formula is C32H29Cl2NO4. The van der Waals surface area contributed by atoms with Crippen LogP contribution in [0.2, 0.25) is 10.0 Å². The topological polar surface area (TPSA) is 66.8 Å². The quantitative estimate of drug-likeness (QED) is 0.347. The summed E-state index contributed by atoms with van der Waals surface area (Å²) in [5.74, 6) is -1.22. The van der Waals surface area contributed by atoms with Crippen molar-refractivity contribution in [2.75, 3.05) is 13.7 Å². The van der Waals surface area contributed by atoms with Crippen molar-refractivity contribution in [2.24, 2.45) is 11.3 Å². The maximum absolute atomic E-state index is 14.1. The summed E-state index contributed by atoms with van der Waals surface area (Å²) in [6, 6.07) is 20.6.